The number of phosphoric ester groups is 2. The molecule has 4 aromatic rings. The zero-order valence-electron chi connectivity index (χ0n) is 36.0. The Bertz CT molecular complexity index is 2850. The number of fused-ring (bicyclic) bond motifs is 2. The Morgan fingerprint density at radius 3 is 1.32 bits per heavy atom. The fourth-order valence-electron chi connectivity index (χ4n) is 6.77. The van der Waals surface area contributed by atoms with Crippen LogP contribution < -0.4 is 22.9 Å². The van der Waals surface area contributed by atoms with Crippen molar-refractivity contribution in [2.75, 3.05) is 49.6 Å². The van der Waals surface area contributed by atoms with Gasteiger partial charge in [0.1, 0.15) is 72.1 Å². The van der Waals surface area contributed by atoms with E-state index in [-0.39, 0.29) is 60.7 Å². The molecular weight excluding hydrogens is 1130 g/mol. The Balaban J connectivity index is 1.15. The molecule has 6 unspecified atom stereocenters. The van der Waals surface area contributed by atoms with Crippen LogP contribution >= 0.6 is 68.5 Å². The lowest BCUT2D eigenvalue weighted by atomic mass is 10.2. The molecule has 0 amide bonds. The molecule has 0 bridgehead atoms. The summed E-state index contributed by atoms with van der Waals surface area (Å²) in [7, 11) is -32.2. The van der Waals surface area contributed by atoms with E-state index in [0.29, 0.717) is 21.9 Å². The summed E-state index contributed by atoms with van der Waals surface area (Å²) >= 11 is 0. The van der Waals surface area contributed by atoms with Crippen LogP contribution in [0, 0.1) is 23.7 Å². The van der Waals surface area contributed by atoms with Gasteiger partial charge in [-0.1, -0.05) is 45.3 Å². The molecule has 0 aromatic carbocycles. The van der Waals surface area contributed by atoms with Crippen LogP contribution in [0.3, 0.4) is 0 Å². The molecule has 398 valence electrons. The fourth-order valence-corrected chi connectivity index (χ4v) is 14.2. The van der Waals surface area contributed by atoms with E-state index in [4.69, 9.17) is 70.5 Å². The summed E-state index contributed by atoms with van der Waals surface area (Å²) < 4.78 is 124. The molecule has 2 saturated heterocycles. The van der Waals surface area contributed by atoms with E-state index in [1.165, 1.54) is 34.2 Å². The third kappa shape index (κ3) is 16.4. The van der Waals surface area contributed by atoms with Crippen molar-refractivity contribution in [3.63, 3.8) is 0 Å². The number of ether oxygens (including phenoxy) is 4. The van der Waals surface area contributed by atoms with Gasteiger partial charge in [0.25, 0.3) is 0 Å². The molecule has 0 spiro atoms. The maximum atomic E-state index is 12.7. The second kappa shape index (κ2) is 24.1. The standard InChI is InChI=1S/C30H42N10O24P6S2/c31-5-1-3-17-9-39(29-25(17)27(33)35-13-37-29)23-7-19(21(59-23)11-57-67(47,48)63-69(51,52)61-65(41,42)43)55-15-71-72-16-56-20-8-24(40-10-18(4-2-6-32)26-28(34)36-14-38-30(26)40)60-22(20)12-58-68(49,50)64-70(53,54)62-66(44,45)46/h9-10,13-14,19-24H,5-8,11-12,15-16,31-32H2,(H,47,48)(H,49,50)(H,51,52)(H,53,54)(H2,33,35,37)(H2,34,36,38)(H2,41,42,43)(H2,44,45,46)/t19?,20?,21-,22-,23-,24-/m1/s1. The van der Waals surface area contributed by atoms with Crippen molar-refractivity contribution >= 4 is 102 Å². The number of nitrogens with two attached hydrogens (primary N) is 4. The monoisotopic (exact) mass is 1180 g/mol. The van der Waals surface area contributed by atoms with Crippen LogP contribution in [0.15, 0.2) is 25.0 Å². The van der Waals surface area contributed by atoms with Gasteiger partial charge < -0.3 is 90.2 Å². The predicted molar refractivity (Wildman–Crippen MR) is 247 cm³/mol. The first-order valence-electron chi connectivity index (χ1n) is 19.5. The minimum absolute atomic E-state index is 0.00607. The van der Waals surface area contributed by atoms with E-state index >= 15 is 0 Å². The maximum absolute atomic E-state index is 12.7. The van der Waals surface area contributed by atoms with Crippen LogP contribution in [0.1, 0.15) is 36.4 Å². The number of aromatic nitrogens is 6. The van der Waals surface area contributed by atoms with Gasteiger partial charge in [-0.25, -0.2) is 47.3 Å². The van der Waals surface area contributed by atoms with Gasteiger partial charge in [0.15, 0.2) is 0 Å². The molecule has 0 aliphatic carbocycles. The number of anilines is 2. The highest BCUT2D eigenvalue weighted by Crippen LogP contribution is 2.67. The average molecular weight is 1180 g/mol. The van der Waals surface area contributed by atoms with Crippen molar-refractivity contribution in [2.24, 2.45) is 11.5 Å². The number of hydrogen-bond donors (Lipinski definition) is 12. The third-order valence-electron chi connectivity index (χ3n) is 9.29. The maximum Gasteiger partial charge on any atom is 0.490 e. The molecule has 16 N–H and O–H groups in total. The molecule has 4 aromatic heterocycles. The highest BCUT2D eigenvalue weighted by molar-refractivity contribution is 8.76. The van der Waals surface area contributed by atoms with Gasteiger partial charge in [0.05, 0.1) is 60.4 Å². The molecule has 0 radical (unpaired) electrons. The molecule has 10 atom stereocenters. The molecule has 2 aliphatic heterocycles. The second-order valence-corrected chi connectivity index (χ2v) is 25.4. The molecule has 42 heteroatoms. The third-order valence-corrected chi connectivity index (χ3v) is 18.6. The van der Waals surface area contributed by atoms with Gasteiger partial charge in [-0.2, -0.15) is 17.2 Å². The summed E-state index contributed by atoms with van der Waals surface area (Å²) in [5.41, 5.74) is 24.7. The lowest BCUT2D eigenvalue weighted by Gasteiger charge is -2.21. The lowest BCUT2D eigenvalue weighted by Crippen LogP contribution is -2.29. The van der Waals surface area contributed by atoms with Crippen LogP contribution in [0.2, 0.25) is 0 Å². The first-order valence-corrected chi connectivity index (χ1v) is 31.1. The largest absolute Gasteiger partial charge is 0.490 e. The summed E-state index contributed by atoms with van der Waals surface area (Å²) in [5.74, 6) is 10.9. The SMILES string of the molecule is NCC#Cc1cn([C@H]2CC(OCSSCOC3C[C@H](n4cc(C#CCN)c5c(N)ncnc54)O[C@@H]3COP(=O)(O)OP(=O)(O)OP(=O)(O)O)[C@@H](COP(=O)(O)OP(=O)(O)OP(=O)(O)O)O2)c2ncnc(N)c12. The quantitative estimate of drug-likeness (QED) is 0.0162. The van der Waals surface area contributed by atoms with Crippen molar-refractivity contribution in [1.29, 1.82) is 0 Å². The summed E-state index contributed by atoms with van der Waals surface area (Å²) in [6.07, 6.45) is -1.12. The number of phosphoric acid groups is 6. The van der Waals surface area contributed by atoms with E-state index in [1.807, 2.05) is 0 Å². The highest BCUT2D eigenvalue weighted by atomic mass is 33.1. The number of nitrogens with zero attached hydrogens (tertiary/aromatic N) is 6. The molecule has 2 aliphatic rings. The van der Waals surface area contributed by atoms with Crippen LogP contribution in [0.25, 0.3) is 22.1 Å². The first kappa shape index (κ1) is 58.5. The summed E-state index contributed by atoms with van der Waals surface area (Å²) in [6, 6.07) is 0. The van der Waals surface area contributed by atoms with Gasteiger partial charge in [-0.15, -0.1) is 0 Å². The number of rotatable bonds is 23. The smallest absolute Gasteiger partial charge is 0.383 e. The van der Waals surface area contributed by atoms with E-state index in [2.05, 4.69) is 60.9 Å². The second-order valence-electron chi connectivity index (χ2n) is 14.2. The number of nitrogen functional groups attached to an aromatic ring is 2. The topological polar surface area (TPSA) is 522 Å². The van der Waals surface area contributed by atoms with E-state index in [1.54, 1.807) is 0 Å². The average Bonchev–Trinajstić information content (AvgIpc) is 4.03. The molecule has 2 fully saturated rings. The molecule has 72 heavy (non-hydrogen) atoms. The Morgan fingerprint density at radius 1 is 0.597 bits per heavy atom. The normalized spacial score (nSPS) is 23.9. The predicted octanol–water partition coefficient (Wildman–Crippen LogP) is 0.989. The summed E-state index contributed by atoms with van der Waals surface area (Å²) in [6.45, 7) is -1.78. The minimum Gasteiger partial charge on any atom is -0.383 e. The van der Waals surface area contributed by atoms with Gasteiger partial charge in [-0.05, 0) is 0 Å². The van der Waals surface area contributed by atoms with Gasteiger partial charge in [-0.3, -0.25) is 9.05 Å². The first-order chi connectivity index (χ1) is 33.6. The zero-order chi connectivity index (χ0) is 52.9. The van der Waals surface area contributed by atoms with Crippen LogP contribution in [0.5, 0.6) is 0 Å². The molecule has 0 saturated carbocycles. The van der Waals surface area contributed by atoms with Crippen LogP contribution in [0.4, 0.5) is 11.6 Å². The van der Waals surface area contributed by atoms with Crippen molar-refractivity contribution in [2.45, 2.75) is 49.7 Å². The Labute approximate surface area is 412 Å². The molecule has 6 heterocycles. The van der Waals surface area contributed by atoms with Crippen molar-refractivity contribution < 1.29 is 112 Å². The Kier molecular flexibility index (Phi) is 19.5. The summed E-state index contributed by atoms with van der Waals surface area (Å²) in [4.78, 5) is 91.8. The van der Waals surface area contributed by atoms with Gasteiger partial charge >= 0.3 is 46.9 Å². The number of hydrogen-bond acceptors (Lipinski definition) is 26. The van der Waals surface area contributed by atoms with Gasteiger partial charge in [0.2, 0.25) is 0 Å². The minimum atomic E-state index is -5.87. The van der Waals surface area contributed by atoms with E-state index < -0.39 is 97.0 Å². The molecular formula is C30H42N10O24P6S2. The Hall–Kier alpha value is -2.76. The van der Waals surface area contributed by atoms with Crippen molar-refractivity contribution in [1.82, 2.24) is 29.1 Å². The van der Waals surface area contributed by atoms with Crippen molar-refractivity contribution in [3.05, 3.63) is 36.2 Å². The van der Waals surface area contributed by atoms with Crippen LogP contribution in [-0.4, -0.2) is 131 Å². The van der Waals surface area contributed by atoms with Crippen molar-refractivity contribution in [3.8, 4) is 23.7 Å². The zero-order valence-corrected chi connectivity index (χ0v) is 43.0. The highest BCUT2D eigenvalue weighted by Gasteiger charge is 2.46. The lowest BCUT2D eigenvalue weighted by molar-refractivity contribution is -0.0523. The van der Waals surface area contributed by atoms with Crippen LogP contribution in [-0.2, 0) is 72.6 Å². The van der Waals surface area contributed by atoms with E-state index in [0.717, 1.165) is 21.6 Å². The fraction of sp³-hybridized carbons (Fsp3) is 0.467. The Morgan fingerprint density at radius 2 is 0.972 bits per heavy atom. The van der Waals surface area contributed by atoms with Gasteiger partial charge in [0, 0.05) is 25.2 Å². The molecule has 34 nitrogen and oxygen atoms in total. The van der Waals surface area contributed by atoms with E-state index in [9.17, 15) is 47.0 Å². The molecule has 6 rings (SSSR count). The summed E-state index contributed by atoms with van der Waals surface area (Å²) in [5, 5.41) is 0.695.